The number of hydrogen-bond acceptors (Lipinski definition) is 5. The maximum absolute atomic E-state index is 11.5. The third kappa shape index (κ3) is 2.11. The van der Waals surface area contributed by atoms with E-state index in [4.69, 9.17) is 5.11 Å². The van der Waals surface area contributed by atoms with Crippen molar-refractivity contribution in [2.24, 2.45) is 7.05 Å². The largest absolute Gasteiger partial charge is 0.477 e. The van der Waals surface area contributed by atoms with Crippen molar-refractivity contribution in [3.05, 3.63) is 34.0 Å². The van der Waals surface area contributed by atoms with Crippen LogP contribution in [0.1, 0.15) is 10.5 Å². The van der Waals surface area contributed by atoms with E-state index in [1.54, 1.807) is 0 Å². The highest BCUT2D eigenvalue weighted by atomic mass is 32.2. The minimum Gasteiger partial charge on any atom is -0.477 e. The lowest BCUT2D eigenvalue weighted by Crippen LogP contribution is -2.05. The van der Waals surface area contributed by atoms with E-state index in [-0.39, 0.29) is 21.5 Å². The molecule has 9 heteroatoms. The second kappa shape index (κ2) is 4.30. The van der Waals surface area contributed by atoms with Gasteiger partial charge in [0.2, 0.25) is 0 Å². The van der Waals surface area contributed by atoms with Crippen molar-refractivity contribution < 1.29 is 23.2 Å². The molecule has 0 aliphatic rings. The molecule has 20 heavy (non-hydrogen) atoms. The molecule has 0 atom stereocenters. The van der Waals surface area contributed by atoms with Gasteiger partial charge < -0.3 is 9.67 Å². The minimum absolute atomic E-state index is 0.0693. The van der Waals surface area contributed by atoms with Crippen LogP contribution in [0.5, 0.6) is 0 Å². The molecule has 0 radical (unpaired) electrons. The number of hydrogen-bond donors (Lipinski definition) is 1. The predicted octanol–water partition coefficient (Wildman–Crippen LogP) is 1.19. The number of carboxylic acid groups (broad SMARTS) is 1. The van der Waals surface area contributed by atoms with Crippen molar-refractivity contribution in [3.8, 4) is 0 Å². The Hall–Kier alpha value is -2.42. The van der Waals surface area contributed by atoms with Crippen LogP contribution in [-0.4, -0.2) is 35.2 Å². The Bertz CT molecular complexity index is 849. The number of sulfone groups is 1. The van der Waals surface area contributed by atoms with Crippen LogP contribution >= 0.6 is 0 Å². The molecule has 8 nitrogen and oxygen atoms in total. The van der Waals surface area contributed by atoms with Gasteiger partial charge in [0, 0.05) is 24.8 Å². The number of carbonyl (C=O) groups is 1. The summed E-state index contributed by atoms with van der Waals surface area (Å²) in [5.74, 6) is -1.25. The number of aryl methyl sites for hydroxylation is 1. The number of nitro benzene ring substituents is 1. The van der Waals surface area contributed by atoms with Crippen LogP contribution in [0.2, 0.25) is 0 Å². The number of nitro groups is 1. The molecule has 1 aromatic carbocycles. The zero-order valence-electron chi connectivity index (χ0n) is 10.5. The number of rotatable bonds is 3. The Balaban J connectivity index is 2.97. The smallest absolute Gasteiger partial charge is 0.352 e. The summed E-state index contributed by atoms with van der Waals surface area (Å²) >= 11 is 0. The Morgan fingerprint density at radius 1 is 1.35 bits per heavy atom. The van der Waals surface area contributed by atoms with Crippen LogP contribution in [0, 0.1) is 10.1 Å². The van der Waals surface area contributed by atoms with Gasteiger partial charge in [0.05, 0.1) is 9.82 Å². The fraction of sp³-hybridized carbons (Fsp3) is 0.182. The summed E-state index contributed by atoms with van der Waals surface area (Å²) in [6, 6.07) is 3.37. The number of carboxylic acids is 1. The summed E-state index contributed by atoms with van der Waals surface area (Å²) in [5, 5.41) is 20.3. The molecule has 106 valence electrons. The Morgan fingerprint density at radius 3 is 2.40 bits per heavy atom. The molecular formula is C11H10N2O6S. The number of fused-ring (bicyclic) bond motifs is 1. The molecule has 1 aromatic heterocycles. The van der Waals surface area contributed by atoms with Gasteiger partial charge in [0.25, 0.3) is 5.69 Å². The van der Waals surface area contributed by atoms with Crippen molar-refractivity contribution in [2.45, 2.75) is 4.90 Å². The Kier molecular flexibility index (Phi) is 3.01. The molecule has 0 unspecified atom stereocenters. The highest BCUT2D eigenvalue weighted by molar-refractivity contribution is 7.90. The molecule has 1 heterocycles. The molecular weight excluding hydrogens is 288 g/mol. The average Bonchev–Trinajstić information content (AvgIpc) is 2.64. The molecule has 0 saturated heterocycles. The minimum atomic E-state index is -3.64. The van der Waals surface area contributed by atoms with E-state index in [9.17, 15) is 23.3 Å². The number of aromatic carboxylic acids is 1. The Morgan fingerprint density at radius 2 is 1.95 bits per heavy atom. The zero-order valence-corrected chi connectivity index (χ0v) is 11.3. The number of benzene rings is 1. The van der Waals surface area contributed by atoms with E-state index in [0.29, 0.717) is 0 Å². The van der Waals surface area contributed by atoms with E-state index in [0.717, 1.165) is 16.9 Å². The third-order valence-corrected chi connectivity index (χ3v) is 4.02. The van der Waals surface area contributed by atoms with Gasteiger partial charge in [-0.25, -0.2) is 13.2 Å². The second-order valence-corrected chi connectivity index (χ2v) is 6.32. The molecule has 0 amide bonds. The van der Waals surface area contributed by atoms with Gasteiger partial charge in [0.15, 0.2) is 9.84 Å². The van der Waals surface area contributed by atoms with Gasteiger partial charge in [-0.1, -0.05) is 0 Å². The van der Waals surface area contributed by atoms with Crippen molar-refractivity contribution in [1.29, 1.82) is 0 Å². The maximum atomic E-state index is 11.5. The fourth-order valence-electron chi connectivity index (χ4n) is 2.01. The second-order valence-electron chi connectivity index (χ2n) is 4.30. The van der Waals surface area contributed by atoms with Gasteiger partial charge >= 0.3 is 5.97 Å². The molecule has 0 aliphatic carbocycles. The summed E-state index contributed by atoms with van der Waals surface area (Å²) in [7, 11) is -2.26. The molecule has 0 fully saturated rings. The zero-order chi connectivity index (χ0) is 15.2. The maximum Gasteiger partial charge on any atom is 0.352 e. The molecule has 0 spiro atoms. The highest BCUT2D eigenvalue weighted by Crippen LogP contribution is 2.31. The first kappa shape index (κ1) is 14.0. The third-order valence-electron chi connectivity index (χ3n) is 2.93. The lowest BCUT2D eigenvalue weighted by molar-refractivity contribution is -0.383. The van der Waals surface area contributed by atoms with E-state index < -0.39 is 26.4 Å². The summed E-state index contributed by atoms with van der Waals surface area (Å²) in [6.07, 6.45) is 0.930. The summed E-state index contributed by atoms with van der Waals surface area (Å²) < 4.78 is 24.2. The molecule has 1 N–H and O–H groups in total. The highest BCUT2D eigenvalue weighted by Gasteiger charge is 2.24. The lowest BCUT2D eigenvalue weighted by atomic mass is 10.2. The number of non-ortho nitro benzene ring substituents is 1. The number of aromatic nitrogens is 1. The number of nitrogens with zero attached hydrogens (tertiary/aromatic N) is 2. The van der Waals surface area contributed by atoms with Crippen LogP contribution < -0.4 is 0 Å². The van der Waals surface area contributed by atoms with Gasteiger partial charge in [-0.2, -0.15) is 0 Å². The molecule has 2 aromatic rings. The van der Waals surface area contributed by atoms with Crippen molar-refractivity contribution in [3.63, 3.8) is 0 Å². The van der Waals surface area contributed by atoms with Crippen molar-refractivity contribution in [1.82, 2.24) is 4.57 Å². The van der Waals surface area contributed by atoms with Crippen molar-refractivity contribution >= 4 is 32.4 Å². The predicted molar refractivity (Wildman–Crippen MR) is 69.6 cm³/mol. The van der Waals surface area contributed by atoms with Crippen LogP contribution in [0.4, 0.5) is 5.69 Å². The lowest BCUT2D eigenvalue weighted by Gasteiger charge is -2.03. The summed E-state index contributed by atoms with van der Waals surface area (Å²) in [6.45, 7) is 0. The van der Waals surface area contributed by atoms with E-state index >= 15 is 0 Å². The van der Waals surface area contributed by atoms with Gasteiger partial charge in [-0.3, -0.25) is 10.1 Å². The topological polar surface area (TPSA) is 120 Å². The van der Waals surface area contributed by atoms with Crippen LogP contribution in [0.15, 0.2) is 23.1 Å². The SMILES string of the molecule is Cn1c(C(=O)O)cc2cc(S(C)(=O)=O)cc([N+](=O)[O-])c21. The standard InChI is InChI=1S/C11H10N2O6S/c1-12-9(11(14)15)4-6-3-7(20(2,18)19)5-8(10(6)12)13(16)17/h3-5H,1-2H3,(H,14,15). The quantitative estimate of drug-likeness (QED) is 0.671. The van der Waals surface area contributed by atoms with Gasteiger partial charge in [-0.15, -0.1) is 0 Å². The first-order chi connectivity index (χ1) is 9.12. The normalized spacial score (nSPS) is 11.7. The van der Waals surface area contributed by atoms with Crippen LogP contribution in [-0.2, 0) is 16.9 Å². The van der Waals surface area contributed by atoms with E-state index in [2.05, 4.69) is 0 Å². The monoisotopic (exact) mass is 298 g/mol. The molecule has 0 aliphatic heterocycles. The Labute approximate surface area is 113 Å². The van der Waals surface area contributed by atoms with E-state index in [1.165, 1.54) is 19.2 Å². The van der Waals surface area contributed by atoms with Gasteiger partial charge in [-0.05, 0) is 12.1 Å². The van der Waals surface area contributed by atoms with E-state index in [1.807, 2.05) is 0 Å². The first-order valence-electron chi connectivity index (χ1n) is 5.34. The first-order valence-corrected chi connectivity index (χ1v) is 7.23. The summed E-state index contributed by atoms with van der Waals surface area (Å²) in [5.41, 5.74) is -0.536. The fourth-order valence-corrected chi connectivity index (χ4v) is 2.68. The van der Waals surface area contributed by atoms with Crippen LogP contribution in [0.25, 0.3) is 10.9 Å². The molecule has 2 rings (SSSR count). The van der Waals surface area contributed by atoms with Crippen molar-refractivity contribution in [2.75, 3.05) is 6.26 Å². The van der Waals surface area contributed by atoms with Gasteiger partial charge in [0.1, 0.15) is 11.2 Å². The average molecular weight is 298 g/mol. The van der Waals surface area contributed by atoms with Crippen LogP contribution in [0.3, 0.4) is 0 Å². The molecule has 0 bridgehead atoms. The summed E-state index contributed by atoms with van der Waals surface area (Å²) in [4.78, 5) is 21.2. The molecule has 0 saturated carbocycles.